The molecule has 3 aromatic rings. The van der Waals surface area contributed by atoms with Gasteiger partial charge >= 0.3 is 0 Å². The van der Waals surface area contributed by atoms with Crippen LogP contribution in [0, 0.1) is 0 Å². The monoisotopic (exact) mass is 362 g/mol. The molecule has 2 aromatic carbocycles. The number of hydrogen-bond acceptors (Lipinski definition) is 5. The summed E-state index contributed by atoms with van der Waals surface area (Å²) in [6.07, 6.45) is 1.65. The van der Waals surface area contributed by atoms with Crippen LogP contribution in [-0.2, 0) is 6.54 Å². The summed E-state index contributed by atoms with van der Waals surface area (Å²) in [6.45, 7) is 4.52. The highest BCUT2D eigenvalue weighted by Gasteiger charge is 2.08. The van der Waals surface area contributed by atoms with Gasteiger partial charge in [0.05, 0.1) is 6.54 Å². The van der Waals surface area contributed by atoms with Crippen molar-refractivity contribution in [1.82, 2.24) is 25.6 Å². The van der Waals surface area contributed by atoms with E-state index in [9.17, 15) is 4.79 Å². The van der Waals surface area contributed by atoms with Crippen LogP contribution < -0.4 is 5.43 Å². The molecule has 0 atom stereocenters. The van der Waals surface area contributed by atoms with E-state index in [1.54, 1.807) is 12.1 Å². The van der Waals surface area contributed by atoms with Gasteiger partial charge in [0, 0.05) is 16.8 Å². The van der Waals surface area contributed by atoms with E-state index < -0.39 is 0 Å². The zero-order chi connectivity index (χ0) is 19.1. The van der Waals surface area contributed by atoms with Crippen molar-refractivity contribution in [2.24, 2.45) is 5.10 Å². The number of carbonyl (C=O) groups excluding carboxylic acids is 1. The average Bonchev–Trinajstić information content (AvgIpc) is 3.18. The van der Waals surface area contributed by atoms with Gasteiger partial charge in [0.15, 0.2) is 0 Å². The van der Waals surface area contributed by atoms with Crippen molar-refractivity contribution in [3.05, 3.63) is 65.7 Å². The summed E-state index contributed by atoms with van der Waals surface area (Å²) in [7, 11) is 0. The van der Waals surface area contributed by atoms with Crippen molar-refractivity contribution in [1.29, 1.82) is 0 Å². The quantitative estimate of drug-likeness (QED) is 0.516. The Morgan fingerprint density at radius 3 is 2.41 bits per heavy atom. The molecule has 7 heteroatoms. The Morgan fingerprint density at radius 1 is 1.04 bits per heavy atom. The summed E-state index contributed by atoms with van der Waals surface area (Å²) in [5.41, 5.74) is 6.03. The molecule has 0 radical (unpaired) electrons. The molecular formula is C20H22N6O. The first kappa shape index (κ1) is 18.4. The second kappa shape index (κ2) is 8.84. The number of aromatic nitrogens is 4. The average molecular weight is 362 g/mol. The van der Waals surface area contributed by atoms with Crippen LogP contribution in [0.2, 0.25) is 0 Å². The fraction of sp³-hybridized carbons (Fsp3) is 0.250. The van der Waals surface area contributed by atoms with Gasteiger partial charge in [-0.25, -0.2) is 5.43 Å². The summed E-state index contributed by atoms with van der Waals surface area (Å²) in [4.78, 5) is 13.7. The fourth-order valence-electron chi connectivity index (χ4n) is 2.54. The molecule has 7 nitrogen and oxygen atoms in total. The molecule has 1 heterocycles. The number of tetrazole rings is 1. The van der Waals surface area contributed by atoms with Gasteiger partial charge in [-0.15, -0.1) is 10.2 Å². The van der Waals surface area contributed by atoms with E-state index in [0.29, 0.717) is 17.9 Å². The van der Waals surface area contributed by atoms with Gasteiger partial charge in [-0.2, -0.15) is 9.90 Å². The summed E-state index contributed by atoms with van der Waals surface area (Å²) in [5.74, 6) is 0.373. The molecule has 138 valence electrons. The number of nitrogens with zero attached hydrogens (tertiary/aromatic N) is 5. The molecule has 27 heavy (non-hydrogen) atoms. The molecule has 0 fully saturated rings. The Labute approximate surface area is 158 Å². The molecule has 1 aromatic heterocycles. The standard InChI is InChI=1S/C20H22N6O/c1-3-18(4-2)21-23-20(27)17-12-10-15(11-13-17)14-26-24-19(22-25-26)16-8-6-5-7-9-16/h5-13H,3-4,14H2,1-2H3,(H,23,27). The highest BCUT2D eigenvalue weighted by Crippen LogP contribution is 2.12. The van der Waals surface area contributed by atoms with Crippen LogP contribution in [0.25, 0.3) is 11.4 Å². The Kier molecular flexibility index (Phi) is 6.04. The van der Waals surface area contributed by atoms with Crippen LogP contribution in [0.15, 0.2) is 59.7 Å². The largest absolute Gasteiger partial charge is 0.271 e. The van der Waals surface area contributed by atoms with Crippen LogP contribution in [0.4, 0.5) is 0 Å². The zero-order valence-electron chi connectivity index (χ0n) is 15.5. The number of rotatable bonds is 7. The molecule has 1 N–H and O–H groups in total. The molecular weight excluding hydrogens is 340 g/mol. The summed E-state index contributed by atoms with van der Waals surface area (Å²) in [6, 6.07) is 17.0. The Bertz CT molecular complexity index is 909. The van der Waals surface area contributed by atoms with Crippen LogP contribution in [0.1, 0.15) is 42.6 Å². The minimum Gasteiger partial charge on any atom is -0.267 e. The lowest BCUT2D eigenvalue weighted by Gasteiger charge is -2.04. The van der Waals surface area contributed by atoms with E-state index in [1.165, 1.54) is 4.80 Å². The van der Waals surface area contributed by atoms with Crippen LogP contribution in [0.5, 0.6) is 0 Å². The van der Waals surface area contributed by atoms with Crippen molar-refractivity contribution < 1.29 is 4.79 Å². The zero-order valence-corrected chi connectivity index (χ0v) is 15.5. The van der Waals surface area contributed by atoms with Crippen molar-refractivity contribution in [2.75, 3.05) is 0 Å². The van der Waals surface area contributed by atoms with Gasteiger partial charge in [0.1, 0.15) is 0 Å². The smallest absolute Gasteiger partial charge is 0.267 e. The van der Waals surface area contributed by atoms with Gasteiger partial charge < -0.3 is 0 Å². The fourth-order valence-corrected chi connectivity index (χ4v) is 2.54. The van der Waals surface area contributed by atoms with E-state index in [-0.39, 0.29) is 5.91 Å². The second-order valence-electron chi connectivity index (χ2n) is 6.03. The van der Waals surface area contributed by atoms with Gasteiger partial charge in [0.25, 0.3) is 5.91 Å². The highest BCUT2D eigenvalue weighted by molar-refractivity contribution is 5.95. The maximum Gasteiger partial charge on any atom is 0.271 e. The van der Waals surface area contributed by atoms with Gasteiger partial charge in [0.2, 0.25) is 5.82 Å². The topological polar surface area (TPSA) is 85.1 Å². The van der Waals surface area contributed by atoms with E-state index in [4.69, 9.17) is 0 Å². The summed E-state index contributed by atoms with van der Waals surface area (Å²) >= 11 is 0. The minimum atomic E-state index is -0.216. The van der Waals surface area contributed by atoms with Crippen molar-refractivity contribution >= 4 is 11.6 Å². The number of carbonyl (C=O) groups is 1. The van der Waals surface area contributed by atoms with Gasteiger partial charge in [-0.05, 0) is 35.8 Å². The highest BCUT2D eigenvalue weighted by atomic mass is 16.2. The maximum absolute atomic E-state index is 12.2. The molecule has 1 amide bonds. The first-order valence-electron chi connectivity index (χ1n) is 8.97. The molecule has 0 aliphatic carbocycles. The second-order valence-corrected chi connectivity index (χ2v) is 6.03. The van der Waals surface area contributed by atoms with Gasteiger partial charge in [-0.3, -0.25) is 4.79 Å². The van der Waals surface area contributed by atoms with Crippen LogP contribution >= 0.6 is 0 Å². The molecule has 0 saturated heterocycles. The molecule has 0 aliphatic rings. The van der Waals surface area contributed by atoms with Gasteiger partial charge in [-0.1, -0.05) is 56.3 Å². The number of hydrogen-bond donors (Lipinski definition) is 1. The SMILES string of the molecule is CCC(CC)=NNC(=O)c1ccc(Cn2nnc(-c3ccccc3)n2)cc1. The van der Waals surface area contributed by atoms with E-state index >= 15 is 0 Å². The predicted molar refractivity (Wildman–Crippen MR) is 104 cm³/mol. The summed E-state index contributed by atoms with van der Waals surface area (Å²) in [5, 5.41) is 16.7. The Balaban J connectivity index is 1.63. The molecule has 0 spiro atoms. The molecule has 3 rings (SSSR count). The van der Waals surface area contributed by atoms with E-state index in [1.807, 2.05) is 56.3 Å². The number of benzene rings is 2. The third-order valence-corrected chi connectivity index (χ3v) is 4.16. The lowest BCUT2D eigenvalue weighted by molar-refractivity contribution is 0.0954. The van der Waals surface area contributed by atoms with Crippen molar-refractivity contribution in [2.45, 2.75) is 33.2 Å². The summed E-state index contributed by atoms with van der Waals surface area (Å²) < 4.78 is 0. The Morgan fingerprint density at radius 2 is 1.74 bits per heavy atom. The normalized spacial score (nSPS) is 10.4. The minimum absolute atomic E-state index is 0.216. The number of hydrazone groups is 1. The van der Waals surface area contributed by atoms with Crippen molar-refractivity contribution in [3.63, 3.8) is 0 Å². The van der Waals surface area contributed by atoms with Crippen molar-refractivity contribution in [3.8, 4) is 11.4 Å². The molecule has 0 unspecified atom stereocenters. The first-order valence-corrected chi connectivity index (χ1v) is 8.97. The lowest BCUT2D eigenvalue weighted by atomic mass is 10.1. The number of amides is 1. The number of nitrogens with one attached hydrogen (secondary N) is 1. The Hall–Kier alpha value is -3.35. The third kappa shape index (κ3) is 4.84. The molecule has 0 aliphatic heterocycles. The van der Waals surface area contributed by atoms with Crippen LogP contribution in [-0.4, -0.2) is 31.8 Å². The first-order chi connectivity index (χ1) is 13.2. The predicted octanol–water partition coefficient (Wildman–Crippen LogP) is 3.29. The molecule has 0 bridgehead atoms. The lowest BCUT2D eigenvalue weighted by Crippen LogP contribution is -2.19. The maximum atomic E-state index is 12.2. The van der Waals surface area contributed by atoms with E-state index in [0.717, 1.165) is 29.7 Å². The molecule has 0 saturated carbocycles. The third-order valence-electron chi connectivity index (χ3n) is 4.16. The van der Waals surface area contributed by atoms with E-state index in [2.05, 4.69) is 25.9 Å². The van der Waals surface area contributed by atoms with Crippen LogP contribution in [0.3, 0.4) is 0 Å².